The third-order valence-electron chi connectivity index (χ3n) is 3.25. The van der Waals surface area contributed by atoms with Crippen molar-refractivity contribution in [3.05, 3.63) is 58.7 Å². The van der Waals surface area contributed by atoms with Crippen molar-refractivity contribution in [3.8, 4) is 17.3 Å². The van der Waals surface area contributed by atoms with Gasteiger partial charge in [0.05, 0.1) is 17.3 Å². The number of hydrogen-bond donors (Lipinski definition) is 3. The fraction of sp³-hybridized carbons (Fsp3) is 0. The summed E-state index contributed by atoms with van der Waals surface area (Å²) in [6.07, 6.45) is 1.63. The lowest BCUT2D eigenvalue weighted by Crippen LogP contribution is -2.11. The van der Waals surface area contributed by atoms with Crippen molar-refractivity contribution in [3.63, 3.8) is 0 Å². The molecule has 0 spiro atoms. The van der Waals surface area contributed by atoms with Crippen LogP contribution >= 0.6 is 11.3 Å². The van der Waals surface area contributed by atoms with Gasteiger partial charge in [-0.15, -0.1) is 11.3 Å². The summed E-state index contributed by atoms with van der Waals surface area (Å²) in [6, 6.07) is 9.90. The van der Waals surface area contributed by atoms with Gasteiger partial charge in [-0.2, -0.15) is 5.26 Å². The quantitative estimate of drug-likeness (QED) is 0.675. The van der Waals surface area contributed by atoms with Crippen LogP contribution in [-0.4, -0.2) is 21.8 Å². The van der Waals surface area contributed by atoms with E-state index < -0.39 is 5.91 Å². The van der Waals surface area contributed by atoms with E-state index in [0.717, 1.165) is 0 Å². The molecule has 2 heterocycles. The highest BCUT2D eigenvalue weighted by molar-refractivity contribution is 7.14. The van der Waals surface area contributed by atoms with Gasteiger partial charge in [0.15, 0.2) is 5.13 Å². The number of nitriles is 1. The van der Waals surface area contributed by atoms with E-state index in [-0.39, 0.29) is 5.91 Å². The Morgan fingerprint density at radius 1 is 1.29 bits per heavy atom. The molecule has 0 saturated carbocycles. The first-order chi connectivity index (χ1) is 11.6. The highest BCUT2D eigenvalue weighted by Crippen LogP contribution is 2.25. The second-order valence-electron chi connectivity index (χ2n) is 4.85. The average Bonchev–Trinajstić information content (AvgIpc) is 3.24. The minimum absolute atomic E-state index is 0.293. The van der Waals surface area contributed by atoms with Crippen LogP contribution in [0.15, 0.2) is 41.9 Å². The number of carbonyl (C=O) groups excluding carboxylic acids is 2. The van der Waals surface area contributed by atoms with Gasteiger partial charge >= 0.3 is 0 Å². The summed E-state index contributed by atoms with van der Waals surface area (Å²) in [6.45, 7) is 0. The number of rotatable bonds is 4. The molecular formula is C16H11N5O2S. The van der Waals surface area contributed by atoms with Gasteiger partial charge in [0.2, 0.25) is 0 Å². The lowest BCUT2D eigenvalue weighted by Gasteiger charge is -2.01. The molecule has 7 nitrogen and oxygen atoms in total. The number of benzene rings is 1. The first-order valence-corrected chi connectivity index (χ1v) is 7.70. The molecule has 0 saturated heterocycles. The van der Waals surface area contributed by atoms with Crippen molar-refractivity contribution in [2.75, 3.05) is 5.32 Å². The Hall–Kier alpha value is -3.44. The first kappa shape index (κ1) is 15.5. The molecule has 0 atom stereocenters. The second-order valence-corrected chi connectivity index (χ2v) is 5.71. The minimum Gasteiger partial charge on any atom is -0.364 e. The Balaban J connectivity index is 1.74. The van der Waals surface area contributed by atoms with Gasteiger partial charge in [-0.1, -0.05) is 0 Å². The molecule has 2 aromatic heterocycles. The summed E-state index contributed by atoms with van der Waals surface area (Å²) >= 11 is 1.27. The number of primary amides is 1. The second kappa shape index (κ2) is 6.36. The molecule has 0 aliphatic carbocycles. The molecule has 4 N–H and O–H groups in total. The Morgan fingerprint density at radius 2 is 2.04 bits per heavy atom. The zero-order chi connectivity index (χ0) is 17.1. The number of hydrogen-bond acceptors (Lipinski definition) is 5. The van der Waals surface area contributed by atoms with Gasteiger partial charge in [0.1, 0.15) is 5.69 Å². The molecular weight excluding hydrogens is 326 g/mol. The van der Waals surface area contributed by atoms with Crippen molar-refractivity contribution in [1.29, 1.82) is 5.26 Å². The van der Waals surface area contributed by atoms with E-state index in [1.807, 2.05) is 6.07 Å². The van der Waals surface area contributed by atoms with Crippen LogP contribution in [0, 0.1) is 11.3 Å². The van der Waals surface area contributed by atoms with E-state index in [1.54, 1.807) is 41.9 Å². The Morgan fingerprint density at radius 3 is 2.67 bits per heavy atom. The zero-order valence-electron chi connectivity index (χ0n) is 12.2. The normalized spacial score (nSPS) is 10.1. The van der Waals surface area contributed by atoms with Gasteiger partial charge in [-0.05, 0) is 30.3 Å². The third-order valence-corrected chi connectivity index (χ3v) is 4.00. The smallest absolute Gasteiger partial charge is 0.265 e. The topological polar surface area (TPSA) is 125 Å². The molecule has 24 heavy (non-hydrogen) atoms. The van der Waals surface area contributed by atoms with Crippen LogP contribution in [0.4, 0.5) is 5.13 Å². The van der Waals surface area contributed by atoms with E-state index >= 15 is 0 Å². The van der Waals surface area contributed by atoms with Gasteiger partial charge in [0, 0.05) is 22.7 Å². The van der Waals surface area contributed by atoms with Crippen molar-refractivity contribution >= 4 is 28.3 Å². The number of nitrogens with one attached hydrogen (secondary N) is 2. The Bertz CT molecular complexity index is 950. The van der Waals surface area contributed by atoms with E-state index in [4.69, 9.17) is 11.0 Å². The third kappa shape index (κ3) is 3.16. The maximum atomic E-state index is 12.2. The van der Waals surface area contributed by atoms with E-state index in [1.165, 1.54) is 11.3 Å². The standard InChI is InChI=1S/C16H11N5O2S/c17-6-9-1-3-10(4-2-9)15(23)21-16-20-13(8-24-16)11-5-12(14(18)22)19-7-11/h1-5,7-8,19H,(H2,18,22)(H,20,21,23). The van der Waals surface area contributed by atoms with Gasteiger partial charge in [0.25, 0.3) is 11.8 Å². The van der Waals surface area contributed by atoms with Crippen LogP contribution in [0.1, 0.15) is 26.4 Å². The first-order valence-electron chi connectivity index (χ1n) is 6.82. The van der Waals surface area contributed by atoms with Crippen LogP contribution in [0.2, 0.25) is 0 Å². The molecule has 8 heteroatoms. The predicted molar refractivity (Wildman–Crippen MR) is 89.5 cm³/mol. The number of H-pyrrole nitrogens is 1. The van der Waals surface area contributed by atoms with Crippen LogP contribution in [0.5, 0.6) is 0 Å². The lowest BCUT2D eigenvalue weighted by atomic mass is 10.1. The molecule has 3 rings (SSSR count). The number of thiazole rings is 1. The monoisotopic (exact) mass is 337 g/mol. The van der Waals surface area contributed by atoms with E-state index in [9.17, 15) is 9.59 Å². The fourth-order valence-corrected chi connectivity index (χ4v) is 2.73. The Kier molecular flexibility index (Phi) is 4.09. The summed E-state index contributed by atoms with van der Waals surface area (Å²) < 4.78 is 0. The van der Waals surface area contributed by atoms with Crippen LogP contribution in [0.25, 0.3) is 11.3 Å². The van der Waals surface area contributed by atoms with Crippen molar-refractivity contribution in [1.82, 2.24) is 9.97 Å². The molecule has 0 aliphatic heterocycles. The summed E-state index contributed by atoms with van der Waals surface area (Å²) in [5.41, 5.74) is 7.74. The minimum atomic E-state index is -0.550. The molecule has 0 aliphatic rings. The average molecular weight is 337 g/mol. The van der Waals surface area contributed by atoms with Crippen molar-refractivity contribution in [2.45, 2.75) is 0 Å². The summed E-state index contributed by atoms with van der Waals surface area (Å²) in [5.74, 6) is -0.863. The number of carbonyl (C=O) groups is 2. The molecule has 0 radical (unpaired) electrons. The fourth-order valence-electron chi connectivity index (χ4n) is 2.01. The maximum absolute atomic E-state index is 12.2. The Labute approximate surface area is 140 Å². The van der Waals surface area contributed by atoms with Crippen LogP contribution in [0.3, 0.4) is 0 Å². The van der Waals surface area contributed by atoms with Crippen LogP contribution < -0.4 is 11.1 Å². The number of anilines is 1. The van der Waals surface area contributed by atoms with E-state index in [0.29, 0.717) is 33.2 Å². The number of nitrogens with two attached hydrogens (primary N) is 1. The number of aromatic nitrogens is 2. The predicted octanol–water partition coefficient (Wildman–Crippen LogP) is 2.36. The summed E-state index contributed by atoms with van der Waals surface area (Å²) in [5, 5.41) is 13.7. The zero-order valence-corrected chi connectivity index (χ0v) is 13.1. The number of nitrogens with zero attached hydrogens (tertiary/aromatic N) is 2. The molecule has 2 amide bonds. The number of aromatic amines is 1. The highest BCUT2D eigenvalue weighted by atomic mass is 32.1. The van der Waals surface area contributed by atoms with E-state index in [2.05, 4.69) is 15.3 Å². The molecule has 0 fully saturated rings. The largest absolute Gasteiger partial charge is 0.364 e. The lowest BCUT2D eigenvalue weighted by molar-refractivity contribution is 0.0994. The molecule has 0 bridgehead atoms. The molecule has 3 aromatic rings. The highest BCUT2D eigenvalue weighted by Gasteiger charge is 2.12. The molecule has 0 unspecified atom stereocenters. The molecule has 1 aromatic carbocycles. The number of amides is 2. The van der Waals surface area contributed by atoms with Gasteiger partial charge in [-0.25, -0.2) is 4.98 Å². The van der Waals surface area contributed by atoms with Crippen molar-refractivity contribution in [2.24, 2.45) is 5.73 Å². The van der Waals surface area contributed by atoms with Gasteiger partial charge in [-0.3, -0.25) is 14.9 Å². The van der Waals surface area contributed by atoms with Gasteiger partial charge < -0.3 is 10.7 Å². The summed E-state index contributed by atoms with van der Waals surface area (Å²) in [7, 11) is 0. The SMILES string of the molecule is N#Cc1ccc(C(=O)Nc2nc(-c3c[nH]c(C(N)=O)c3)cs2)cc1. The summed E-state index contributed by atoms with van der Waals surface area (Å²) in [4.78, 5) is 30.3. The van der Waals surface area contributed by atoms with Crippen molar-refractivity contribution < 1.29 is 9.59 Å². The van der Waals surface area contributed by atoms with Crippen LogP contribution in [-0.2, 0) is 0 Å². The maximum Gasteiger partial charge on any atom is 0.265 e. The molecule has 118 valence electrons.